The maximum Gasteiger partial charge on any atom is 0.319 e. The van der Waals surface area contributed by atoms with Crippen LogP contribution >= 0.6 is 11.8 Å². The minimum absolute atomic E-state index is 0.332. The first kappa shape index (κ1) is 26.5. The smallest absolute Gasteiger partial charge is 0.319 e. The molecule has 0 aromatic heterocycles. The van der Waals surface area contributed by atoms with Crippen molar-refractivity contribution in [2.45, 2.75) is 108 Å². The van der Waals surface area contributed by atoms with Crippen molar-refractivity contribution in [2.24, 2.45) is 0 Å². The molecule has 30 heavy (non-hydrogen) atoms. The first-order chi connectivity index (χ1) is 14.3. The lowest BCUT2D eigenvalue weighted by atomic mass is 9.93. The van der Waals surface area contributed by atoms with Gasteiger partial charge in [0.05, 0.1) is 0 Å². The molecule has 0 heterocycles. The molecule has 0 radical (unpaired) electrons. The topological polar surface area (TPSA) is 74.6 Å². The monoisotopic (exact) mass is 436 g/mol. The van der Waals surface area contributed by atoms with Crippen molar-refractivity contribution < 1.29 is 19.8 Å². The fourth-order valence-corrected chi connectivity index (χ4v) is 4.97. The zero-order valence-electron chi connectivity index (χ0n) is 19.0. The Morgan fingerprint density at radius 1 is 0.900 bits per heavy atom. The number of rotatable bonds is 17. The Bertz CT molecular complexity index is 646. The molecule has 0 bridgehead atoms. The molecule has 2 atom stereocenters. The van der Waals surface area contributed by atoms with Crippen LogP contribution in [0.5, 0.6) is 0 Å². The highest BCUT2D eigenvalue weighted by Crippen LogP contribution is 2.34. The quantitative estimate of drug-likeness (QED) is 0.264. The highest BCUT2D eigenvalue weighted by molar-refractivity contribution is 8.02. The van der Waals surface area contributed by atoms with Gasteiger partial charge in [-0.25, -0.2) is 0 Å². The summed E-state index contributed by atoms with van der Waals surface area (Å²) in [5.41, 5.74) is 2.21. The average Bonchev–Trinajstić information content (AvgIpc) is 2.70. The highest BCUT2D eigenvalue weighted by atomic mass is 32.2. The number of hydrogen-bond donors (Lipinski definition) is 2. The van der Waals surface area contributed by atoms with E-state index in [1.165, 1.54) is 63.4 Å². The Morgan fingerprint density at radius 2 is 1.40 bits per heavy atom. The number of aryl methyl sites for hydroxylation is 1. The molecule has 0 fully saturated rings. The SMILES string of the molecule is CCCCCCCCCCCCc1ccccc1CC(C)(SC(C)C(=O)O)C(=O)O. The summed E-state index contributed by atoms with van der Waals surface area (Å²) in [5, 5.41) is 18.2. The van der Waals surface area contributed by atoms with E-state index in [1.54, 1.807) is 13.8 Å². The predicted molar refractivity (Wildman–Crippen MR) is 126 cm³/mol. The number of thioether (sulfide) groups is 1. The van der Waals surface area contributed by atoms with Gasteiger partial charge >= 0.3 is 11.9 Å². The van der Waals surface area contributed by atoms with Crippen molar-refractivity contribution >= 4 is 23.7 Å². The molecule has 0 saturated heterocycles. The van der Waals surface area contributed by atoms with Crippen molar-refractivity contribution in [1.82, 2.24) is 0 Å². The summed E-state index contributed by atoms with van der Waals surface area (Å²) in [4.78, 5) is 23.1. The van der Waals surface area contributed by atoms with Gasteiger partial charge in [-0.2, -0.15) is 0 Å². The van der Waals surface area contributed by atoms with Crippen LogP contribution in [0.4, 0.5) is 0 Å². The molecular formula is C25H40O4S. The molecule has 1 aromatic rings. The van der Waals surface area contributed by atoms with Gasteiger partial charge in [0, 0.05) is 0 Å². The minimum Gasteiger partial charge on any atom is -0.480 e. The van der Waals surface area contributed by atoms with Gasteiger partial charge in [0.1, 0.15) is 10.00 Å². The molecule has 2 unspecified atom stereocenters. The van der Waals surface area contributed by atoms with Gasteiger partial charge in [-0.15, -0.1) is 11.8 Å². The fraction of sp³-hybridized carbons (Fsp3) is 0.680. The summed E-state index contributed by atoms with van der Waals surface area (Å²) in [6.07, 6.45) is 14.2. The number of unbranched alkanes of at least 4 members (excludes halogenated alkanes) is 9. The van der Waals surface area contributed by atoms with E-state index >= 15 is 0 Å². The van der Waals surface area contributed by atoms with E-state index < -0.39 is 21.9 Å². The van der Waals surface area contributed by atoms with Crippen LogP contribution in [0.15, 0.2) is 24.3 Å². The molecule has 0 aliphatic rings. The van der Waals surface area contributed by atoms with Crippen LogP contribution in [0.2, 0.25) is 0 Å². The van der Waals surface area contributed by atoms with Crippen LogP contribution in [0.1, 0.15) is 96.1 Å². The second-order valence-corrected chi connectivity index (χ2v) is 10.4. The molecule has 0 aliphatic carbocycles. The molecular weight excluding hydrogens is 396 g/mol. The molecule has 4 nitrogen and oxygen atoms in total. The Morgan fingerprint density at radius 3 is 1.90 bits per heavy atom. The largest absolute Gasteiger partial charge is 0.480 e. The molecule has 0 spiro atoms. The Labute approximate surface area is 186 Å². The van der Waals surface area contributed by atoms with Crippen molar-refractivity contribution in [3.63, 3.8) is 0 Å². The van der Waals surface area contributed by atoms with Gasteiger partial charge in [0.15, 0.2) is 0 Å². The van der Waals surface area contributed by atoms with Crippen LogP contribution in [0.3, 0.4) is 0 Å². The third-order valence-corrected chi connectivity index (χ3v) is 7.08. The summed E-state index contributed by atoms with van der Waals surface area (Å²) in [6.45, 7) is 5.43. The van der Waals surface area contributed by atoms with Crippen LogP contribution in [0.25, 0.3) is 0 Å². The predicted octanol–water partition coefficient (Wildman–Crippen LogP) is 6.74. The Balaban J connectivity index is 2.51. The maximum atomic E-state index is 11.9. The molecule has 170 valence electrons. The van der Waals surface area contributed by atoms with E-state index in [-0.39, 0.29) is 0 Å². The molecule has 2 N–H and O–H groups in total. The lowest BCUT2D eigenvalue weighted by Crippen LogP contribution is -2.37. The van der Waals surface area contributed by atoms with E-state index in [0.29, 0.717) is 6.42 Å². The van der Waals surface area contributed by atoms with Gasteiger partial charge in [-0.05, 0) is 44.2 Å². The van der Waals surface area contributed by atoms with Crippen LogP contribution < -0.4 is 0 Å². The molecule has 0 saturated carbocycles. The second kappa shape index (κ2) is 14.5. The third-order valence-electron chi connectivity index (χ3n) is 5.68. The zero-order valence-corrected chi connectivity index (χ0v) is 19.8. The average molecular weight is 437 g/mol. The Hall–Kier alpha value is -1.49. The van der Waals surface area contributed by atoms with Gasteiger partial charge in [-0.3, -0.25) is 9.59 Å². The number of carboxylic acid groups (broad SMARTS) is 2. The molecule has 5 heteroatoms. The lowest BCUT2D eigenvalue weighted by Gasteiger charge is -2.27. The van der Waals surface area contributed by atoms with E-state index in [4.69, 9.17) is 0 Å². The Kier molecular flexibility index (Phi) is 12.8. The number of benzene rings is 1. The summed E-state index contributed by atoms with van der Waals surface area (Å²) < 4.78 is -1.16. The van der Waals surface area contributed by atoms with Crippen molar-refractivity contribution in [3.8, 4) is 0 Å². The molecule has 1 aromatic carbocycles. The molecule has 0 aliphatic heterocycles. The first-order valence-corrected chi connectivity index (χ1v) is 12.4. The molecule has 0 amide bonds. The van der Waals surface area contributed by atoms with Gasteiger partial charge in [0.2, 0.25) is 0 Å². The molecule has 1 rings (SSSR count). The standard InChI is InChI=1S/C25H40O4S/c1-4-5-6-7-8-9-10-11-12-13-16-21-17-14-15-18-22(21)19-25(3,24(28)29)30-20(2)23(26)27/h14-15,17-18,20H,4-13,16,19H2,1-3H3,(H,26,27)(H,28,29). The number of aliphatic carboxylic acids is 2. The zero-order chi connectivity index (χ0) is 22.4. The minimum atomic E-state index is -1.16. The van der Waals surface area contributed by atoms with Gasteiger partial charge < -0.3 is 10.2 Å². The third kappa shape index (κ3) is 10.0. The van der Waals surface area contributed by atoms with Gasteiger partial charge in [0.25, 0.3) is 0 Å². The summed E-state index contributed by atoms with van der Waals surface area (Å²) in [6, 6.07) is 8.00. The van der Waals surface area contributed by atoms with Crippen molar-refractivity contribution in [2.75, 3.05) is 0 Å². The second-order valence-electron chi connectivity index (χ2n) is 8.51. The summed E-state index contributed by atoms with van der Waals surface area (Å²) in [5.74, 6) is -1.94. The van der Waals surface area contributed by atoms with E-state index in [2.05, 4.69) is 13.0 Å². The van der Waals surface area contributed by atoms with E-state index in [9.17, 15) is 19.8 Å². The van der Waals surface area contributed by atoms with Crippen LogP contribution in [-0.4, -0.2) is 32.1 Å². The highest BCUT2D eigenvalue weighted by Gasteiger charge is 2.38. The number of carbonyl (C=O) groups is 2. The van der Waals surface area contributed by atoms with E-state index in [1.807, 2.05) is 18.2 Å². The van der Waals surface area contributed by atoms with Crippen LogP contribution in [-0.2, 0) is 22.4 Å². The van der Waals surface area contributed by atoms with Crippen molar-refractivity contribution in [3.05, 3.63) is 35.4 Å². The summed E-state index contributed by atoms with van der Waals surface area (Å²) in [7, 11) is 0. The normalized spacial score (nSPS) is 14.2. The maximum absolute atomic E-state index is 11.9. The first-order valence-electron chi connectivity index (χ1n) is 11.5. The van der Waals surface area contributed by atoms with Crippen LogP contribution in [0, 0.1) is 0 Å². The lowest BCUT2D eigenvalue weighted by molar-refractivity contribution is -0.139. The van der Waals surface area contributed by atoms with E-state index in [0.717, 1.165) is 30.2 Å². The number of carboxylic acids is 2. The fourth-order valence-electron chi connectivity index (χ4n) is 3.75. The number of hydrogen-bond acceptors (Lipinski definition) is 3. The van der Waals surface area contributed by atoms with Crippen molar-refractivity contribution in [1.29, 1.82) is 0 Å². The summed E-state index contributed by atoms with van der Waals surface area (Å²) >= 11 is 1.01. The van der Waals surface area contributed by atoms with Gasteiger partial charge in [-0.1, -0.05) is 89.0 Å².